The molecule has 0 fully saturated rings. The van der Waals surface area contributed by atoms with E-state index in [1.807, 2.05) is 0 Å². The van der Waals surface area contributed by atoms with Gasteiger partial charge in [-0.05, 0) is 84.1 Å². The number of benzene rings is 3. The van der Waals surface area contributed by atoms with Crippen LogP contribution in [-0.2, 0) is 10.8 Å². The van der Waals surface area contributed by atoms with Crippen LogP contribution in [0.3, 0.4) is 0 Å². The number of H-pyrrole nitrogens is 2. The molecule has 2 N–H and O–H groups in total. The van der Waals surface area contributed by atoms with Gasteiger partial charge in [-0.25, -0.2) is 0 Å². The Morgan fingerprint density at radius 3 is 1.93 bits per heavy atom. The van der Waals surface area contributed by atoms with Gasteiger partial charge in [-0.1, -0.05) is 47.6 Å². The van der Waals surface area contributed by atoms with E-state index < -0.39 is 0 Å². The molecule has 0 bridgehead atoms. The Balaban J connectivity index is 1.90. The Bertz CT molecular complexity index is 1470. The molecular weight excluding hydrogens is 500 g/mol. The number of aromatic amines is 2. The average molecular weight is 526 g/mol. The number of halogens is 2. The maximum absolute atomic E-state index is 3.95. The zero-order chi connectivity index (χ0) is 21.6. The van der Waals surface area contributed by atoms with Crippen molar-refractivity contribution in [3.63, 3.8) is 0 Å². The minimum Gasteiger partial charge on any atom is -0.354 e. The van der Waals surface area contributed by atoms with Crippen LogP contribution in [0, 0.1) is 0 Å². The lowest BCUT2D eigenvalue weighted by molar-refractivity contribution is 0.590. The number of aromatic nitrogens is 2. The third kappa shape index (κ3) is 2.95. The summed E-state index contributed by atoms with van der Waals surface area (Å²) in [6.45, 7) is 13.6. The molecule has 0 aliphatic rings. The first-order valence-corrected chi connectivity index (χ1v) is 11.9. The van der Waals surface area contributed by atoms with Crippen LogP contribution in [0.1, 0.15) is 52.7 Å². The molecular formula is C26H26Br2N2. The van der Waals surface area contributed by atoms with E-state index in [4.69, 9.17) is 0 Å². The number of rotatable bonds is 0. The van der Waals surface area contributed by atoms with Gasteiger partial charge in [0.05, 0.1) is 15.5 Å². The van der Waals surface area contributed by atoms with Gasteiger partial charge in [0.15, 0.2) is 0 Å². The first kappa shape index (κ1) is 20.1. The third-order valence-electron chi connectivity index (χ3n) is 6.19. The maximum Gasteiger partial charge on any atom is 0.0617 e. The second kappa shape index (κ2) is 6.37. The van der Waals surface area contributed by atoms with Gasteiger partial charge in [-0.3, -0.25) is 0 Å². The molecule has 2 nitrogen and oxygen atoms in total. The molecule has 0 saturated heterocycles. The fraction of sp³-hybridized carbons (Fsp3) is 0.308. The highest BCUT2D eigenvalue weighted by molar-refractivity contribution is 9.11. The van der Waals surface area contributed by atoms with Crippen LogP contribution >= 0.6 is 31.9 Å². The summed E-state index contributed by atoms with van der Waals surface area (Å²) in [5.74, 6) is 0. The van der Waals surface area contributed by atoms with Crippen molar-refractivity contribution in [3.8, 4) is 0 Å². The van der Waals surface area contributed by atoms with E-state index in [2.05, 4.69) is 120 Å². The molecule has 0 atom stereocenters. The van der Waals surface area contributed by atoms with Crippen molar-refractivity contribution in [2.24, 2.45) is 0 Å². The van der Waals surface area contributed by atoms with Gasteiger partial charge in [-0.15, -0.1) is 0 Å². The predicted octanol–water partition coefficient (Wildman–Crippen LogP) is 9.08. The van der Waals surface area contributed by atoms with Crippen molar-refractivity contribution in [3.05, 3.63) is 56.5 Å². The SMILES string of the molecule is CC(C)(C)c1ccc2[nH]c3c(Br)c4c(cc3c2c1)[nH]c1c(Br)cc(C(C)(C)C)cc14. The van der Waals surface area contributed by atoms with Crippen molar-refractivity contribution < 1.29 is 0 Å². The molecule has 4 heteroatoms. The molecule has 0 aliphatic carbocycles. The van der Waals surface area contributed by atoms with Gasteiger partial charge in [-0.2, -0.15) is 0 Å². The van der Waals surface area contributed by atoms with Crippen LogP contribution in [0.25, 0.3) is 43.6 Å². The molecule has 2 heterocycles. The van der Waals surface area contributed by atoms with E-state index in [1.54, 1.807) is 0 Å². The molecule has 0 radical (unpaired) electrons. The van der Waals surface area contributed by atoms with Gasteiger partial charge in [0, 0.05) is 37.1 Å². The molecule has 0 unspecified atom stereocenters. The monoisotopic (exact) mass is 524 g/mol. The summed E-state index contributed by atoms with van der Waals surface area (Å²) in [5.41, 5.74) is 7.50. The second-order valence-electron chi connectivity index (χ2n) is 10.4. The topological polar surface area (TPSA) is 31.6 Å². The first-order chi connectivity index (χ1) is 13.9. The van der Waals surface area contributed by atoms with Crippen molar-refractivity contribution in [2.75, 3.05) is 0 Å². The summed E-state index contributed by atoms with van der Waals surface area (Å²) >= 11 is 7.76. The fourth-order valence-corrected chi connectivity index (χ4v) is 5.62. The van der Waals surface area contributed by atoms with Crippen molar-refractivity contribution in [2.45, 2.75) is 52.4 Å². The Kier molecular flexibility index (Phi) is 4.27. The Morgan fingerprint density at radius 2 is 1.27 bits per heavy atom. The summed E-state index contributed by atoms with van der Waals surface area (Å²) < 4.78 is 2.23. The number of hydrogen-bond acceptors (Lipinski definition) is 0. The van der Waals surface area contributed by atoms with E-state index in [0.29, 0.717) is 0 Å². The molecule has 154 valence electrons. The lowest BCUT2D eigenvalue weighted by Crippen LogP contribution is -2.10. The molecule has 0 amide bonds. The van der Waals surface area contributed by atoms with E-state index >= 15 is 0 Å². The molecule has 0 saturated carbocycles. The predicted molar refractivity (Wildman–Crippen MR) is 138 cm³/mol. The van der Waals surface area contributed by atoms with E-state index in [-0.39, 0.29) is 10.8 Å². The van der Waals surface area contributed by atoms with Gasteiger partial charge in [0.2, 0.25) is 0 Å². The summed E-state index contributed by atoms with van der Waals surface area (Å²) in [4.78, 5) is 7.33. The molecule has 2 aromatic heterocycles. The Labute approximate surface area is 193 Å². The van der Waals surface area contributed by atoms with Crippen LogP contribution < -0.4 is 0 Å². The maximum atomic E-state index is 3.95. The molecule has 5 aromatic rings. The third-order valence-corrected chi connectivity index (χ3v) is 7.61. The molecule has 30 heavy (non-hydrogen) atoms. The van der Waals surface area contributed by atoms with Crippen molar-refractivity contribution in [1.82, 2.24) is 9.97 Å². The first-order valence-electron chi connectivity index (χ1n) is 10.3. The highest BCUT2D eigenvalue weighted by Gasteiger charge is 2.21. The van der Waals surface area contributed by atoms with Crippen LogP contribution in [0.2, 0.25) is 0 Å². The molecule has 0 aliphatic heterocycles. The van der Waals surface area contributed by atoms with E-state index in [9.17, 15) is 0 Å². The highest BCUT2D eigenvalue weighted by Crippen LogP contribution is 2.43. The lowest BCUT2D eigenvalue weighted by Gasteiger charge is -2.19. The zero-order valence-electron chi connectivity index (χ0n) is 18.2. The minimum absolute atomic E-state index is 0.0847. The average Bonchev–Trinajstić information content (AvgIpc) is 3.19. The summed E-state index contributed by atoms with van der Waals surface area (Å²) in [6.07, 6.45) is 0. The van der Waals surface area contributed by atoms with Crippen LogP contribution in [0.15, 0.2) is 45.3 Å². The normalized spacial score (nSPS) is 13.3. The summed E-state index contributed by atoms with van der Waals surface area (Å²) in [5, 5.41) is 4.99. The molecule has 3 aromatic carbocycles. The number of nitrogens with one attached hydrogen (secondary N) is 2. The van der Waals surface area contributed by atoms with Crippen molar-refractivity contribution in [1.29, 1.82) is 0 Å². The van der Waals surface area contributed by atoms with Gasteiger partial charge >= 0.3 is 0 Å². The molecule has 5 rings (SSSR count). The number of hydrogen-bond donors (Lipinski definition) is 2. The van der Waals surface area contributed by atoms with E-state index in [1.165, 1.54) is 38.2 Å². The lowest BCUT2D eigenvalue weighted by atomic mass is 9.86. The zero-order valence-corrected chi connectivity index (χ0v) is 21.4. The van der Waals surface area contributed by atoms with Crippen LogP contribution in [0.4, 0.5) is 0 Å². The summed E-state index contributed by atoms with van der Waals surface area (Å²) in [7, 11) is 0. The van der Waals surface area contributed by atoms with Crippen LogP contribution in [0.5, 0.6) is 0 Å². The van der Waals surface area contributed by atoms with Gasteiger partial charge in [0.25, 0.3) is 0 Å². The Hall–Kier alpha value is -1.78. The number of fused-ring (bicyclic) bond motifs is 6. The highest BCUT2D eigenvalue weighted by atomic mass is 79.9. The Morgan fingerprint density at radius 1 is 0.633 bits per heavy atom. The largest absolute Gasteiger partial charge is 0.354 e. The van der Waals surface area contributed by atoms with Crippen LogP contribution in [-0.4, -0.2) is 9.97 Å². The van der Waals surface area contributed by atoms with Crippen molar-refractivity contribution >= 4 is 75.5 Å². The minimum atomic E-state index is 0.0847. The smallest absolute Gasteiger partial charge is 0.0617 e. The van der Waals surface area contributed by atoms with Gasteiger partial charge in [0.1, 0.15) is 0 Å². The van der Waals surface area contributed by atoms with E-state index in [0.717, 1.165) is 25.5 Å². The van der Waals surface area contributed by atoms with Gasteiger partial charge < -0.3 is 9.97 Å². The fourth-order valence-electron chi connectivity index (χ4n) is 4.32. The second-order valence-corrected chi connectivity index (χ2v) is 12.1. The summed E-state index contributed by atoms with van der Waals surface area (Å²) in [6, 6.07) is 13.6. The molecule has 0 spiro atoms. The standard InChI is InChI=1S/C26H26Br2N2/c1-25(2,3)13-7-8-19-15(9-13)16-12-20-21(22(28)24(16)29-19)17-10-14(26(4,5)6)11-18(27)23(17)30-20/h7-12,29-30H,1-6H3. The quantitative estimate of drug-likeness (QED) is 0.202.